The van der Waals surface area contributed by atoms with Crippen LogP contribution in [-0.4, -0.2) is 48.8 Å². The van der Waals surface area contributed by atoms with Crippen molar-refractivity contribution in [2.75, 3.05) is 13.1 Å². The molecule has 1 amide bonds. The van der Waals surface area contributed by atoms with Gasteiger partial charge in [0.1, 0.15) is 5.69 Å². The summed E-state index contributed by atoms with van der Waals surface area (Å²) in [4.78, 5) is 24.1. The molecule has 1 atom stereocenters. The molecule has 3 aromatic heterocycles. The monoisotopic (exact) mass is 406 g/mol. The van der Waals surface area contributed by atoms with Crippen molar-refractivity contribution in [3.63, 3.8) is 0 Å². The van der Waals surface area contributed by atoms with E-state index in [2.05, 4.69) is 15.2 Å². The summed E-state index contributed by atoms with van der Waals surface area (Å²) in [5.74, 6) is 1.95. The lowest BCUT2D eigenvalue weighted by atomic mass is 9.74. The summed E-state index contributed by atoms with van der Waals surface area (Å²) in [7, 11) is 0. The largest absolute Gasteiger partial charge is 0.336 e. The van der Waals surface area contributed by atoms with Crippen LogP contribution in [0.15, 0.2) is 41.3 Å². The molecule has 3 aromatic rings. The number of aromatic nitrogens is 5. The number of hydrogen-bond donors (Lipinski definition) is 0. The van der Waals surface area contributed by atoms with E-state index in [1.54, 1.807) is 29.3 Å². The second-order valence-corrected chi connectivity index (χ2v) is 8.45. The number of hydrogen-bond acceptors (Lipinski definition) is 6. The van der Waals surface area contributed by atoms with E-state index in [-0.39, 0.29) is 11.3 Å². The predicted octanol–water partition coefficient (Wildman–Crippen LogP) is 3.32. The van der Waals surface area contributed by atoms with Crippen LogP contribution in [0.2, 0.25) is 0 Å². The van der Waals surface area contributed by atoms with Crippen molar-refractivity contribution in [2.45, 2.75) is 51.0 Å². The first-order valence-corrected chi connectivity index (χ1v) is 10.7. The van der Waals surface area contributed by atoms with Gasteiger partial charge in [0.25, 0.3) is 11.8 Å². The number of pyridine rings is 1. The molecule has 0 aromatic carbocycles. The molecular weight excluding hydrogens is 380 g/mol. The minimum absolute atomic E-state index is 0.0343. The minimum Gasteiger partial charge on any atom is -0.336 e. The maximum absolute atomic E-state index is 13.3. The molecule has 0 bridgehead atoms. The minimum atomic E-state index is -0.263. The van der Waals surface area contributed by atoms with Crippen LogP contribution in [0.5, 0.6) is 0 Å². The van der Waals surface area contributed by atoms with E-state index in [0.29, 0.717) is 30.6 Å². The fraction of sp³-hybridized carbons (Fsp3) is 0.500. The van der Waals surface area contributed by atoms with Gasteiger partial charge < -0.3 is 9.42 Å². The normalized spacial score (nSPS) is 21.7. The quantitative estimate of drug-likeness (QED) is 0.624. The highest BCUT2D eigenvalue weighted by Gasteiger charge is 2.46. The molecule has 8 heteroatoms. The second kappa shape index (κ2) is 7.66. The molecule has 1 aliphatic carbocycles. The van der Waals surface area contributed by atoms with Crippen LogP contribution >= 0.6 is 0 Å². The number of piperidine rings is 1. The van der Waals surface area contributed by atoms with Crippen LogP contribution in [0.25, 0.3) is 11.5 Å². The molecule has 1 unspecified atom stereocenters. The highest BCUT2D eigenvalue weighted by Crippen LogP contribution is 2.46. The smallest absolute Gasteiger partial charge is 0.272 e. The summed E-state index contributed by atoms with van der Waals surface area (Å²) >= 11 is 0. The summed E-state index contributed by atoms with van der Waals surface area (Å²) < 4.78 is 7.39. The zero-order chi connectivity index (χ0) is 20.6. The van der Waals surface area contributed by atoms with E-state index >= 15 is 0 Å². The highest BCUT2D eigenvalue weighted by molar-refractivity contribution is 5.92. The molecule has 0 spiro atoms. The first-order chi connectivity index (χ1) is 14.7. The second-order valence-electron chi connectivity index (χ2n) is 8.45. The fourth-order valence-corrected chi connectivity index (χ4v) is 4.60. The maximum Gasteiger partial charge on any atom is 0.272 e. The average molecular weight is 406 g/mol. The van der Waals surface area contributed by atoms with Crippen LogP contribution in [0, 0.1) is 5.92 Å². The Hall–Kier alpha value is -3.03. The van der Waals surface area contributed by atoms with Crippen molar-refractivity contribution < 1.29 is 9.32 Å². The number of rotatable bonds is 6. The molecule has 2 aliphatic rings. The molecule has 0 radical (unpaired) electrons. The maximum atomic E-state index is 13.3. The third-order valence-electron chi connectivity index (χ3n) is 6.30. The van der Waals surface area contributed by atoms with Crippen LogP contribution in [-0.2, 0) is 12.0 Å². The number of carbonyl (C=O) groups is 1. The lowest BCUT2D eigenvalue weighted by Crippen LogP contribution is -2.49. The Morgan fingerprint density at radius 2 is 2.07 bits per heavy atom. The Bertz CT molecular complexity index is 1030. The van der Waals surface area contributed by atoms with Crippen molar-refractivity contribution in [1.29, 1.82) is 0 Å². The Morgan fingerprint density at radius 3 is 2.83 bits per heavy atom. The van der Waals surface area contributed by atoms with Crippen molar-refractivity contribution in [1.82, 2.24) is 29.8 Å². The summed E-state index contributed by atoms with van der Waals surface area (Å²) in [6.45, 7) is 4.04. The fourth-order valence-electron chi connectivity index (χ4n) is 4.60. The molecule has 4 heterocycles. The van der Waals surface area contributed by atoms with Gasteiger partial charge in [0.2, 0.25) is 0 Å². The van der Waals surface area contributed by atoms with Crippen LogP contribution in [0.1, 0.15) is 55.3 Å². The average Bonchev–Trinajstić information content (AvgIpc) is 3.27. The van der Waals surface area contributed by atoms with Gasteiger partial charge in [-0.3, -0.25) is 14.5 Å². The van der Waals surface area contributed by atoms with Gasteiger partial charge in [0.05, 0.1) is 5.41 Å². The van der Waals surface area contributed by atoms with Gasteiger partial charge in [-0.1, -0.05) is 18.0 Å². The molecule has 5 rings (SSSR count). The molecule has 1 aliphatic heterocycles. The van der Waals surface area contributed by atoms with E-state index in [1.807, 2.05) is 24.0 Å². The van der Waals surface area contributed by atoms with E-state index in [4.69, 9.17) is 9.51 Å². The SMILES string of the molecule is CCn1nccc1C(=O)N1CCCC(CC2CC2)(c2noc(-c3ccncc3)n2)C1. The van der Waals surface area contributed by atoms with Crippen LogP contribution in [0.3, 0.4) is 0 Å². The summed E-state index contributed by atoms with van der Waals surface area (Å²) in [6.07, 6.45) is 10.5. The van der Waals surface area contributed by atoms with Crippen molar-refractivity contribution in [3.8, 4) is 11.5 Å². The van der Waals surface area contributed by atoms with E-state index in [0.717, 1.165) is 37.2 Å². The number of likely N-dealkylation sites (tertiary alicyclic amines) is 1. The lowest BCUT2D eigenvalue weighted by Gasteiger charge is -2.41. The molecule has 8 nitrogen and oxygen atoms in total. The third kappa shape index (κ3) is 3.51. The zero-order valence-corrected chi connectivity index (χ0v) is 17.2. The standard InChI is InChI=1S/C22H26N6O2/c1-2-28-18(8-12-24-28)20(29)27-13-3-9-22(15-27,14-16-4-5-16)21-25-19(30-26-21)17-6-10-23-11-7-17/h6-8,10-12,16H,2-5,9,13-15H2,1H3. The van der Waals surface area contributed by atoms with Crippen molar-refractivity contribution >= 4 is 5.91 Å². The molecule has 0 N–H and O–H groups in total. The van der Waals surface area contributed by atoms with Gasteiger partial charge in [-0.25, -0.2) is 0 Å². The Balaban J connectivity index is 1.45. The lowest BCUT2D eigenvalue weighted by molar-refractivity contribution is 0.0595. The zero-order valence-electron chi connectivity index (χ0n) is 17.2. The Morgan fingerprint density at radius 1 is 1.23 bits per heavy atom. The molecule has 30 heavy (non-hydrogen) atoms. The molecule has 2 fully saturated rings. The first-order valence-electron chi connectivity index (χ1n) is 10.7. The summed E-state index contributed by atoms with van der Waals surface area (Å²) in [5, 5.41) is 8.66. The molecule has 1 saturated heterocycles. The van der Waals surface area contributed by atoms with Crippen molar-refractivity contribution in [3.05, 3.63) is 48.3 Å². The molecule has 156 valence electrons. The Labute approximate surface area is 175 Å². The van der Waals surface area contributed by atoms with Gasteiger partial charge in [-0.15, -0.1) is 0 Å². The Kier molecular flexibility index (Phi) is 4.84. The number of carbonyl (C=O) groups excluding carboxylic acids is 1. The predicted molar refractivity (Wildman–Crippen MR) is 110 cm³/mol. The third-order valence-corrected chi connectivity index (χ3v) is 6.30. The van der Waals surface area contributed by atoms with E-state index in [1.165, 1.54) is 12.8 Å². The molecule has 1 saturated carbocycles. The number of amides is 1. The van der Waals surface area contributed by atoms with Crippen molar-refractivity contribution in [2.24, 2.45) is 5.92 Å². The van der Waals surface area contributed by atoms with Gasteiger partial charge in [0.15, 0.2) is 5.82 Å². The van der Waals surface area contributed by atoms with E-state index in [9.17, 15) is 4.79 Å². The summed E-state index contributed by atoms with van der Waals surface area (Å²) in [5.41, 5.74) is 1.24. The topological polar surface area (TPSA) is 89.9 Å². The van der Waals surface area contributed by atoms with Crippen LogP contribution < -0.4 is 0 Å². The van der Waals surface area contributed by atoms with Gasteiger partial charge in [-0.05, 0) is 50.3 Å². The van der Waals surface area contributed by atoms with Gasteiger partial charge in [0, 0.05) is 43.8 Å². The highest BCUT2D eigenvalue weighted by atomic mass is 16.5. The first kappa shape index (κ1) is 19.0. The van der Waals surface area contributed by atoms with Gasteiger partial charge in [-0.2, -0.15) is 10.1 Å². The number of aryl methyl sites for hydroxylation is 1. The van der Waals surface area contributed by atoms with Crippen LogP contribution in [0.4, 0.5) is 0 Å². The van der Waals surface area contributed by atoms with E-state index < -0.39 is 0 Å². The summed E-state index contributed by atoms with van der Waals surface area (Å²) in [6, 6.07) is 5.54. The molecular formula is C22H26N6O2. The number of nitrogens with zero attached hydrogens (tertiary/aromatic N) is 6. The van der Waals surface area contributed by atoms with Gasteiger partial charge >= 0.3 is 0 Å².